The van der Waals surface area contributed by atoms with Gasteiger partial charge in [-0.15, -0.1) is 0 Å². The van der Waals surface area contributed by atoms with E-state index in [0.717, 1.165) is 41.5 Å². The molecule has 9 nitrogen and oxygen atoms in total. The molecule has 10 heteroatoms. The number of rotatable bonds is 4. The molecular formula is C19H20N2O7S. The Hall–Kier alpha value is -3.01. The number of carbonyl (C=O) groups is 2. The first-order chi connectivity index (χ1) is 13.5. The van der Waals surface area contributed by atoms with Crippen LogP contribution in [-0.4, -0.2) is 42.7 Å². The number of ether oxygens (including phenoxy) is 1. The topological polar surface area (TPSA) is 124 Å². The average Bonchev–Trinajstić information content (AvgIpc) is 2.68. The molecule has 0 saturated carbocycles. The Morgan fingerprint density at radius 1 is 1.24 bits per heavy atom. The summed E-state index contributed by atoms with van der Waals surface area (Å²) in [5.74, 6) is -1.40. The lowest BCUT2D eigenvalue weighted by molar-refractivity contribution is -0.384. The van der Waals surface area contributed by atoms with E-state index in [2.05, 4.69) is 0 Å². The van der Waals surface area contributed by atoms with Crippen LogP contribution in [-0.2, 0) is 24.3 Å². The normalized spacial score (nSPS) is 24.3. The predicted octanol–water partition coefficient (Wildman–Crippen LogP) is 2.34. The van der Waals surface area contributed by atoms with E-state index >= 15 is 0 Å². The number of nitro benzene ring substituents is 1. The zero-order chi connectivity index (χ0) is 21.6. The molecule has 1 aliphatic carbocycles. The Bertz CT molecular complexity index is 1060. The second-order valence-electron chi connectivity index (χ2n) is 7.21. The minimum absolute atomic E-state index is 0.184. The number of nitrogens with zero attached hydrogens (tertiary/aromatic N) is 2. The van der Waals surface area contributed by atoms with Crippen LogP contribution in [0.4, 0.5) is 5.69 Å². The van der Waals surface area contributed by atoms with E-state index in [1.54, 1.807) is 0 Å². The fourth-order valence-corrected chi connectivity index (χ4v) is 5.47. The highest BCUT2D eigenvalue weighted by atomic mass is 32.2. The number of amides is 1. The summed E-state index contributed by atoms with van der Waals surface area (Å²) in [7, 11) is -3.15. The predicted molar refractivity (Wildman–Crippen MR) is 102 cm³/mol. The van der Waals surface area contributed by atoms with Gasteiger partial charge in [-0.3, -0.25) is 19.7 Å². The Balaban J connectivity index is 2.15. The third-order valence-corrected chi connectivity index (χ3v) is 7.39. The summed E-state index contributed by atoms with van der Waals surface area (Å²) in [4.78, 5) is 35.3. The third-order valence-electron chi connectivity index (χ3n) is 5.57. The van der Waals surface area contributed by atoms with Crippen molar-refractivity contribution >= 4 is 27.6 Å². The fraction of sp³-hybridized carbons (Fsp3) is 0.368. The summed E-state index contributed by atoms with van der Waals surface area (Å²) in [6.45, 7) is 3.69. The molecule has 1 aliphatic heterocycles. The van der Waals surface area contributed by atoms with Crippen molar-refractivity contribution in [2.75, 3.05) is 7.11 Å². The Labute approximate surface area is 167 Å². The Morgan fingerprint density at radius 3 is 2.41 bits per heavy atom. The van der Waals surface area contributed by atoms with Crippen LogP contribution in [0, 0.1) is 15.5 Å². The molecule has 1 aromatic rings. The van der Waals surface area contributed by atoms with Gasteiger partial charge in [-0.2, -0.15) is 0 Å². The average molecular weight is 420 g/mol. The second-order valence-corrected chi connectivity index (χ2v) is 9.03. The maximum absolute atomic E-state index is 13.3. The summed E-state index contributed by atoms with van der Waals surface area (Å²) in [5.41, 5.74) is 0.227. The molecule has 0 fully saturated rings. The van der Waals surface area contributed by atoms with Crippen molar-refractivity contribution in [1.29, 1.82) is 0 Å². The monoisotopic (exact) mass is 420 g/mol. The van der Waals surface area contributed by atoms with Crippen molar-refractivity contribution in [2.24, 2.45) is 5.41 Å². The van der Waals surface area contributed by atoms with Crippen molar-refractivity contribution < 1.29 is 27.7 Å². The van der Waals surface area contributed by atoms with E-state index in [0.29, 0.717) is 4.31 Å². The van der Waals surface area contributed by atoms with Crippen LogP contribution in [0.15, 0.2) is 52.5 Å². The second kappa shape index (κ2) is 7.11. The lowest BCUT2D eigenvalue weighted by atomic mass is 9.67. The first kappa shape index (κ1) is 20.7. The van der Waals surface area contributed by atoms with Gasteiger partial charge in [0, 0.05) is 18.2 Å². The number of hydrogen-bond donors (Lipinski definition) is 0. The maximum Gasteiger partial charge on any atom is 0.318 e. The highest BCUT2D eigenvalue weighted by Gasteiger charge is 2.56. The summed E-state index contributed by atoms with van der Waals surface area (Å²) in [6, 6.07) is 3.28. The molecule has 0 unspecified atom stereocenters. The Morgan fingerprint density at radius 2 is 1.86 bits per heavy atom. The molecule has 0 spiro atoms. The first-order valence-electron chi connectivity index (χ1n) is 8.80. The van der Waals surface area contributed by atoms with E-state index in [1.807, 2.05) is 13.8 Å². The van der Waals surface area contributed by atoms with Crippen molar-refractivity contribution in [3.8, 4) is 0 Å². The van der Waals surface area contributed by atoms with Crippen LogP contribution in [0.25, 0.3) is 0 Å². The number of carbonyl (C=O) groups excluding carboxylic acids is 2. The van der Waals surface area contributed by atoms with Gasteiger partial charge in [0.1, 0.15) is 5.41 Å². The van der Waals surface area contributed by atoms with Crippen molar-refractivity contribution in [1.82, 2.24) is 4.31 Å². The summed E-state index contributed by atoms with van der Waals surface area (Å²) >= 11 is 0. The minimum Gasteiger partial charge on any atom is -0.468 e. The van der Waals surface area contributed by atoms with E-state index in [1.165, 1.54) is 13.2 Å². The smallest absolute Gasteiger partial charge is 0.318 e. The van der Waals surface area contributed by atoms with Gasteiger partial charge in [-0.1, -0.05) is 17.2 Å². The van der Waals surface area contributed by atoms with Crippen molar-refractivity contribution in [2.45, 2.75) is 37.6 Å². The van der Waals surface area contributed by atoms with Crippen molar-refractivity contribution in [3.05, 3.63) is 57.7 Å². The molecule has 29 heavy (non-hydrogen) atoms. The lowest BCUT2D eigenvalue weighted by Crippen LogP contribution is -2.59. The van der Waals surface area contributed by atoms with Gasteiger partial charge in [0.25, 0.3) is 21.6 Å². The van der Waals surface area contributed by atoms with Crippen LogP contribution in [0.3, 0.4) is 0 Å². The van der Waals surface area contributed by atoms with Crippen LogP contribution < -0.4 is 0 Å². The Kier molecular flexibility index (Phi) is 5.08. The molecule has 2 aliphatic rings. The summed E-state index contributed by atoms with van der Waals surface area (Å²) in [5, 5.41) is 10.8. The van der Waals surface area contributed by atoms with Gasteiger partial charge in [0.15, 0.2) is 0 Å². The van der Waals surface area contributed by atoms with E-state index in [4.69, 9.17) is 4.74 Å². The number of non-ortho nitro benzene ring substituents is 1. The molecule has 0 radical (unpaired) electrons. The van der Waals surface area contributed by atoms with Crippen molar-refractivity contribution in [3.63, 3.8) is 0 Å². The quantitative estimate of drug-likeness (QED) is 0.317. The van der Waals surface area contributed by atoms with Gasteiger partial charge in [0.05, 0.1) is 23.0 Å². The van der Waals surface area contributed by atoms with Crippen LogP contribution in [0.2, 0.25) is 0 Å². The standard InChI is InChI=1S/C19H20N2O7S/c1-12-10-16-19(11-13(12)2,18(23)28-3)9-8-17(22)20(16)29(26,27)15-6-4-14(5-7-15)21(24)25/h4-9,16H,10-11H2,1-3H3/t16-,19-/m1/s1. The number of methoxy groups -OCH3 is 1. The van der Waals surface area contributed by atoms with Gasteiger partial charge < -0.3 is 4.74 Å². The van der Waals surface area contributed by atoms with E-state index in [-0.39, 0.29) is 23.4 Å². The number of benzene rings is 1. The lowest BCUT2D eigenvalue weighted by Gasteiger charge is -2.47. The van der Waals surface area contributed by atoms with Gasteiger partial charge in [0.2, 0.25) is 0 Å². The number of esters is 1. The molecule has 1 amide bonds. The van der Waals surface area contributed by atoms with Gasteiger partial charge in [-0.05, 0) is 38.8 Å². The number of hydrogen-bond acceptors (Lipinski definition) is 7. The van der Waals surface area contributed by atoms with Crippen LogP contribution >= 0.6 is 0 Å². The highest BCUT2D eigenvalue weighted by Crippen LogP contribution is 2.47. The number of nitro groups is 1. The number of sulfonamides is 1. The van der Waals surface area contributed by atoms with E-state index < -0.39 is 38.3 Å². The molecule has 0 aromatic heterocycles. The molecule has 1 heterocycles. The molecule has 0 N–H and O–H groups in total. The molecule has 2 atom stereocenters. The summed E-state index contributed by atoms with van der Waals surface area (Å²) < 4.78 is 32.3. The van der Waals surface area contributed by atoms with Crippen LogP contribution in [0.5, 0.6) is 0 Å². The first-order valence-corrected chi connectivity index (χ1v) is 10.2. The third kappa shape index (κ3) is 3.23. The number of allylic oxidation sites excluding steroid dienone is 1. The zero-order valence-corrected chi connectivity index (χ0v) is 16.9. The van der Waals surface area contributed by atoms with E-state index in [9.17, 15) is 28.1 Å². The number of fused-ring (bicyclic) bond motifs is 1. The highest BCUT2D eigenvalue weighted by molar-refractivity contribution is 7.89. The zero-order valence-electron chi connectivity index (χ0n) is 16.1. The van der Waals surface area contributed by atoms with Crippen LogP contribution in [0.1, 0.15) is 26.7 Å². The molecule has 154 valence electrons. The minimum atomic E-state index is -4.37. The fourth-order valence-electron chi connectivity index (χ4n) is 3.87. The SMILES string of the molecule is COC(=O)[C@@]12C=CC(=O)N(S(=O)(=O)c3ccc([N+](=O)[O-])cc3)[C@@H]1CC(C)=C(C)C2. The van der Waals surface area contributed by atoms with Gasteiger partial charge >= 0.3 is 5.97 Å². The molecular weight excluding hydrogens is 400 g/mol. The molecule has 0 bridgehead atoms. The molecule has 3 rings (SSSR count). The summed E-state index contributed by atoms with van der Waals surface area (Å²) in [6.07, 6.45) is 2.92. The molecule has 1 aromatic carbocycles. The van der Waals surface area contributed by atoms with Gasteiger partial charge in [-0.25, -0.2) is 12.7 Å². The molecule has 0 saturated heterocycles. The maximum atomic E-state index is 13.3. The largest absolute Gasteiger partial charge is 0.468 e.